The summed E-state index contributed by atoms with van der Waals surface area (Å²) in [4.78, 5) is 25.0. The Morgan fingerprint density at radius 3 is 2.45 bits per heavy atom. The van der Waals surface area contributed by atoms with E-state index in [0.717, 1.165) is 0 Å². The third-order valence-corrected chi connectivity index (χ3v) is 3.15. The van der Waals surface area contributed by atoms with Crippen molar-refractivity contribution in [1.29, 1.82) is 0 Å². The number of hydrazine groups is 1. The maximum Gasteiger partial charge on any atom is 0.349 e. The summed E-state index contributed by atoms with van der Waals surface area (Å²) >= 11 is 0. The van der Waals surface area contributed by atoms with Crippen molar-refractivity contribution in [2.45, 2.75) is 6.42 Å². The van der Waals surface area contributed by atoms with Crippen LogP contribution in [0.2, 0.25) is 0 Å². The van der Waals surface area contributed by atoms with Crippen LogP contribution in [0.4, 0.5) is 5.95 Å². The van der Waals surface area contributed by atoms with Crippen LogP contribution in [0.25, 0.3) is 11.4 Å². The van der Waals surface area contributed by atoms with Crippen molar-refractivity contribution in [3.8, 4) is 11.4 Å². The standard InChI is InChI=1S/C8H8N6O.C7H6/c9-14-7-11-6(12-8(15)13-7)5-2-1-3-10-4-5;1-2-7-4-3-6(1)5-7/h1-4H,9H2,(H2,11,12,13,14,15);1-4H,5H2. The zero-order valence-corrected chi connectivity index (χ0v) is 11.7. The molecular formula is C15H14N6O. The highest BCUT2D eigenvalue weighted by Crippen LogP contribution is 2.27. The predicted octanol–water partition coefficient (Wildman–Crippen LogP) is 1.33. The molecule has 0 aromatic carbocycles. The van der Waals surface area contributed by atoms with Gasteiger partial charge in [-0.3, -0.25) is 15.4 Å². The van der Waals surface area contributed by atoms with E-state index in [-0.39, 0.29) is 5.95 Å². The summed E-state index contributed by atoms with van der Waals surface area (Å²) in [5.41, 5.74) is 5.32. The summed E-state index contributed by atoms with van der Waals surface area (Å²) in [6.45, 7) is 0. The van der Waals surface area contributed by atoms with Crippen molar-refractivity contribution >= 4 is 5.95 Å². The summed E-state index contributed by atoms with van der Waals surface area (Å²) in [5, 5.41) is 0. The van der Waals surface area contributed by atoms with Gasteiger partial charge >= 0.3 is 5.69 Å². The number of aromatic amines is 1. The van der Waals surface area contributed by atoms with Crippen LogP contribution in [0.5, 0.6) is 0 Å². The lowest BCUT2D eigenvalue weighted by Crippen LogP contribution is -2.19. The Morgan fingerprint density at radius 1 is 1.18 bits per heavy atom. The van der Waals surface area contributed by atoms with E-state index in [1.165, 1.54) is 17.6 Å². The highest BCUT2D eigenvalue weighted by Gasteiger charge is 2.07. The monoisotopic (exact) mass is 294 g/mol. The number of hydrogen-bond acceptors (Lipinski definition) is 6. The van der Waals surface area contributed by atoms with E-state index in [1.807, 2.05) is 0 Å². The van der Waals surface area contributed by atoms with Gasteiger partial charge in [-0.1, -0.05) is 24.3 Å². The van der Waals surface area contributed by atoms with Crippen LogP contribution in [0.3, 0.4) is 0 Å². The summed E-state index contributed by atoms with van der Waals surface area (Å²) in [6.07, 6.45) is 13.1. The van der Waals surface area contributed by atoms with Crippen LogP contribution in [-0.4, -0.2) is 19.9 Å². The van der Waals surface area contributed by atoms with E-state index in [2.05, 4.69) is 49.7 Å². The molecule has 0 aliphatic heterocycles. The first-order chi connectivity index (χ1) is 10.7. The van der Waals surface area contributed by atoms with Gasteiger partial charge in [-0.05, 0) is 29.7 Å². The number of anilines is 1. The number of fused-ring (bicyclic) bond motifs is 2. The number of aromatic nitrogens is 4. The molecule has 0 unspecified atom stereocenters. The van der Waals surface area contributed by atoms with Gasteiger partial charge in [0.15, 0.2) is 0 Å². The largest absolute Gasteiger partial charge is 0.349 e. The molecule has 4 rings (SSSR count). The van der Waals surface area contributed by atoms with Gasteiger partial charge in [0.2, 0.25) is 5.95 Å². The third kappa shape index (κ3) is 3.15. The third-order valence-electron chi connectivity index (χ3n) is 3.15. The predicted molar refractivity (Wildman–Crippen MR) is 83.6 cm³/mol. The lowest BCUT2D eigenvalue weighted by Gasteiger charge is -2.01. The van der Waals surface area contributed by atoms with Crippen LogP contribution in [0.15, 0.2) is 64.8 Å². The van der Waals surface area contributed by atoms with Crippen LogP contribution in [0, 0.1) is 0 Å². The zero-order chi connectivity index (χ0) is 15.4. The second kappa shape index (κ2) is 6.15. The fourth-order valence-corrected chi connectivity index (χ4v) is 2.10. The smallest absolute Gasteiger partial charge is 0.292 e. The first-order valence-corrected chi connectivity index (χ1v) is 6.68. The summed E-state index contributed by atoms with van der Waals surface area (Å²) in [5.74, 6) is 5.56. The molecule has 2 bridgehead atoms. The van der Waals surface area contributed by atoms with E-state index in [0.29, 0.717) is 11.4 Å². The van der Waals surface area contributed by atoms with Gasteiger partial charge in [-0.25, -0.2) is 10.6 Å². The molecule has 4 N–H and O–H groups in total. The van der Waals surface area contributed by atoms with E-state index in [4.69, 9.17) is 5.84 Å². The molecule has 0 atom stereocenters. The number of hydrogen-bond donors (Lipinski definition) is 3. The molecule has 0 fully saturated rings. The van der Waals surface area contributed by atoms with Crippen molar-refractivity contribution in [3.63, 3.8) is 0 Å². The molecule has 0 radical (unpaired) electrons. The molecule has 0 saturated heterocycles. The number of pyridine rings is 1. The Morgan fingerprint density at radius 2 is 1.95 bits per heavy atom. The zero-order valence-electron chi connectivity index (χ0n) is 11.7. The van der Waals surface area contributed by atoms with Crippen LogP contribution < -0.4 is 17.0 Å². The van der Waals surface area contributed by atoms with Crippen LogP contribution in [-0.2, 0) is 0 Å². The topological polar surface area (TPSA) is 110 Å². The average Bonchev–Trinajstić information content (AvgIpc) is 3.21. The molecule has 0 amide bonds. The quantitative estimate of drug-likeness (QED) is 0.569. The molecule has 110 valence electrons. The van der Waals surface area contributed by atoms with E-state index >= 15 is 0 Å². The van der Waals surface area contributed by atoms with E-state index in [9.17, 15) is 4.79 Å². The molecule has 2 aromatic heterocycles. The molecule has 2 heterocycles. The minimum Gasteiger partial charge on any atom is -0.292 e. The van der Waals surface area contributed by atoms with Crippen molar-refractivity contribution < 1.29 is 0 Å². The Balaban J connectivity index is 0.000000169. The van der Waals surface area contributed by atoms with E-state index < -0.39 is 5.69 Å². The van der Waals surface area contributed by atoms with Gasteiger partial charge in [0, 0.05) is 18.0 Å². The first kappa shape index (κ1) is 13.9. The van der Waals surface area contributed by atoms with Crippen LogP contribution in [0.1, 0.15) is 6.42 Å². The van der Waals surface area contributed by atoms with Crippen molar-refractivity contribution in [3.05, 3.63) is 70.5 Å². The Hall–Kier alpha value is -3.06. The number of rotatable bonds is 2. The molecule has 0 saturated carbocycles. The normalized spacial score (nSPS) is 14.0. The van der Waals surface area contributed by atoms with E-state index in [1.54, 1.807) is 24.5 Å². The van der Waals surface area contributed by atoms with Gasteiger partial charge in [0.25, 0.3) is 0 Å². The molecule has 7 nitrogen and oxygen atoms in total. The fraction of sp³-hybridized carbons (Fsp3) is 0.0667. The lowest BCUT2D eigenvalue weighted by atomic mass is 10.3. The van der Waals surface area contributed by atoms with Crippen molar-refractivity contribution in [2.24, 2.45) is 5.84 Å². The molecular weight excluding hydrogens is 280 g/mol. The van der Waals surface area contributed by atoms with Crippen molar-refractivity contribution in [1.82, 2.24) is 19.9 Å². The minimum atomic E-state index is -0.517. The maximum atomic E-state index is 11.1. The van der Waals surface area contributed by atoms with Crippen molar-refractivity contribution in [2.75, 3.05) is 5.43 Å². The second-order valence-corrected chi connectivity index (χ2v) is 4.71. The summed E-state index contributed by atoms with van der Waals surface area (Å²) < 4.78 is 0. The number of nitrogens with zero attached hydrogens (tertiary/aromatic N) is 3. The number of nitrogens with one attached hydrogen (secondary N) is 2. The fourth-order valence-electron chi connectivity index (χ4n) is 2.10. The maximum absolute atomic E-state index is 11.1. The molecule has 2 aliphatic rings. The number of allylic oxidation sites excluding steroid dienone is 6. The molecule has 7 heteroatoms. The SMILES string of the molecule is C1=CC2=CC=C1C2.NNc1nc(-c2cccnc2)[nH]c(=O)n1. The van der Waals surface area contributed by atoms with Gasteiger partial charge in [0.05, 0.1) is 0 Å². The Labute approximate surface area is 126 Å². The Bertz CT molecular complexity index is 799. The lowest BCUT2D eigenvalue weighted by molar-refractivity contribution is 0.984. The van der Waals surface area contributed by atoms with Gasteiger partial charge in [-0.2, -0.15) is 9.97 Å². The number of nitrogen functional groups attached to an aromatic ring is 1. The number of nitrogens with two attached hydrogens (primary N) is 1. The highest BCUT2D eigenvalue weighted by molar-refractivity contribution is 5.53. The highest BCUT2D eigenvalue weighted by atomic mass is 16.1. The molecule has 2 aliphatic carbocycles. The molecule has 0 spiro atoms. The summed E-state index contributed by atoms with van der Waals surface area (Å²) in [6, 6.07) is 3.51. The van der Waals surface area contributed by atoms with Gasteiger partial charge < -0.3 is 0 Å². The minimum absolute atomic E-state index is 0.0672. The number of H-pyrrole nitrogens is 1. The first-order valence-electron chi connectivity index (χ1n) is 6.68. The molecule has 22 heavy (non-hydrogen) atoms. The van der Waals surface area contributed by atoms with Gasteiger partial charge in [-0.15, -0.1) is 0 Å². The van der Waals surface area contributed by atoms with Gasteiger partial charge in [0.1, 0.15) is 5.82 Å². The Kier molecular flexibility index (Phi) is 3.88. The van der Waals surface area contributed by atoms with Crippen LogP contribution >= 0.6 is 0 Å². The second-order valence-electron chi connectivity index (χ2n) is 4.71. The summed E-state index contributed by atoms with van der Waals surface area (Å²) in [7, 11) is 0. The average molecular weight is 294 g/mol. The molecule has 2 aromatic rings.